The Morgan fingerprint density at radius 3 is 2.66 bits per heavy atom. The quantitative estimate of drug-likeness (QED) is 0.241. The Morgan fingerprint density at radius 2 is 1.95 bits per heavy atom. The van der Waals surface area contributed by atoms with Crippen molar-refractivity contribution >= 4 is 34.7 Å². The number of aromatic nitrogens is 3. The van der Waals surface area contributed by atoms with Gasteiger partial charge in [0.05, 0.1) is 18.2 Å². The highest BCUT2D eigenvalue weighted by atomic mass is 35.5. The van der Waals surface area contributed by atoms with Crippen molar-refractivity contribution in [2.75, 3.05) is 20.3 Å². The van der Waals surface area contributed by atoms with Gasteiger partial charge in [-0.2, -0.15) is 0 Å². The average molecular weight is 601 g/mol. The molecule has 0 saturated carbocycles. The molecule has 3 N–H and O–H groups in total. The number of benzene rings is 1. The lowest BCUT2D eigenvalue weighted by Crippen LogP contribution is -2.54. The van der Waals surface area contributed by atoms with Crippen molar-refractivity contribution in [2.45, 2.75) is 23.9 Å². The Labute approximate surface area is 246 Å². The summed E-state index contributed by atoms with van der Waals surface area (Å²) in [5.41, 5.74) is -0.575. The highest BCUT2D eigenvalue weighted by molar-refractivity contribution is 6.34. The molecule has 41 heavy (non-hydrogen) atoms. The summed E-state index contributed by atoms with van der Waals surface area (Å²) in [6.45, 7) is 1.12. The maximum absolute atomic E-state index is 13.7. The molecule has 3 aromatic rings. The Kier molecular flexibility index (Phi) is 9.49. The van der Waals surface area contributed by atoms with E-state index in [1.165, 1.54) is 27.4 Å². The van der Waals surface area contributed by atoms with E-state index in [1.807, 2.05) is 24.3 Å². The number of nitrogens with one attached hydrogen (secondary N) is 2. The van der Waals surface area contributed by atoms with Crippen LogP contribution in [0.3, 0.4) is 0 Å². The Bertz CT molecular complexity index is 1630. The molecule has 2 unspecified atom stereocenters. The number of pyridine rings is 1. The molecule has 0 radical (unpaired) electrons. The molecule has 10 nitrogen and oxygen atoms in total. The normalized spacial score (nSPS) is 18.2. The van der Waals surface area contributed by atoms with Gasteiger partial charge in [-0.1, -0.05) is 54.1 Å². The number of hydrogen-bond donors (Lipinski definition) is 3. The number of carbonyl (C=O) groups is 1. The Balaban J connectivity index is 1.83. The van der Waals surface area contributed by atoms with Crippen molar-refractivity contribution in [3.05, 3.63) is 109 Å². The van der Waals surface area contributed by atoms with Crippen LogP contribution in [0.5, 0.6) is 5.88 Å². The van der Waals surface area contributed by atoms with Gasteiger partial charge in [-0.3, -0.25) is 14.2 Å². The van der Waals surface area contributed by atoms with E-state index < -0.39 is 28.1 Å². The van der Waals surface area contributed by atoms with Crippen LogP contribution >= 0.6 is 23.2 Å². The molecule has 1 amide bonds. The smallest absolute Gasteiger partial charge is 0.330 e. The number of aliphatic hydroxyl groups is 1. The van der Waals surface area contributed by atoms with E-state index in [1.54, 1.807) is 30.4 Å². The highest BCUT2D eigenvalue weighted by Crippen LogP contribution is 2.43. The van der Waals surface area contributed by atoms with Gasteiger partial charge in [0.25, 0.3) is 11.5 Å². The monoisotopic (exact) mass is 599 g/mol. The Morgan fingerprint density at radius 1 is 1.20 bits per heavy atom. The van der Waals surface area contributed by atoms with Gasteiger partial charge in [0.15, 0.2) is 0 Å². The SMILES string of the molecule is COc1nc(C2(NC(=O)c3cn(C)c(=O)n(C)c3=O)C=CC=C(c3ccccc3Cl)C2Cl)ccc1CNCCCO. The molecule has 1 aromatic carbocycles. The van der Waals surface area contributed by atoms with E-state index in [-0.39, 0.29) is 12.2 Å². The van der Waals surface area contributed by atoms with Crippen molar-refractivity contribution in [3.63, 3.8) is 0 Å². The number of allylic oxidation sites excluding steroid dienone is 2. The van der Waals surface area contributed by atoms with Crippen molar-refractivity contribution in [1.82, 2.24) is 24.8 Å². The van der Waals surface area contributed by atoms with Crippen molar-refractivity contribution in [1.29, 1.82) is 0 Å². The van der Waals surface area contributed by atoms with E-state index in [2.05, 4.69) is 10.6 Å². The van der Waals surface area contributed by atoms with Crippen molar-refractivity contribution in [3.8, 4) is 5.88 Å². The number of methoxy groups -OCH3 is 1. The molecule has 2 atom stereocenters. The fourth-order valence-corrected chi connectivity index (χ4v) is 5.36. The summed E-state index contributed by atoms with van der Waals surface area (Å²) in [7, 11) is 4.25. The molecule has 1 aliphatic carbocycles. The predicted molar refractivity (Wildman–Crippen MR) is 158 cm³/mol. The van der Waals surface area contributed by atoms with E-state index in [0.29, 0.717) is 47.2 Å². The molecule has 0 spiro atoms. The maximum atomic E-state index is 13.7. The van der Waals surface area contributed by atoms with Gasteiger partial charge in [-0.15, -0.1) is 11.6 Å². The van der Waals surface area contributed by atoms with Crippen LogP contribution in [0, 0.1) is 0 Å². The van der Waals surface area contributed by atoms with Gasteiger partial charge in [-0.25, -0.2) is 9.78 Å². The zero-order valence-electron chi connectivity index (χ0n) is 22.9. The van der Waals surface area contributed by atoms with Gasteiger partial charge < -0.3 is 25.0 Å². The predicted octanol–water partition coefficient (Wildman–Crippen LogP) is 2.50. The van der Waals surface area contributed by atoms with Crippen molar-refractivity contribution in [2.24, 2.45) is 14.1 Å². The number of ether oxygens (including phenoxy) is 1. The number of rotatable bonds is 10. The number of alkyl halides is 1. The molecule has 2 heterocycles. The first kappa shape index (κ1) is 30.3. The largest absolute Gasteiger partial charge is 0.481 e. The summed E-state index contributed by atoms with van der Waals surface area (Å²) in [6.07, 6.45) is 7.06. The molecule has 2 aromatic heterocycles. The minimum atomic E-state index is -1.45. The zero-order chi connectivity index (χ0) is 29.7. The molecular formula is C29H31Cl2N5O5. The number of aryl methyl sites for hydroxylation is 1. The third-order valence-electron chi connectivity index (χ3n) is 6.89. The van der Waals surface area contributed by atoms with Gasteiger partial charge in [0.2, 0.25) is 5.88 Å². The lowest BCUT2D eigenvalue weighted by molar-refractivity contribution is 0.0912. The lowest BCUT2D eigenvalue weighted by atomic mass is 9.80. The van der Waals surface area contributed by atoms with E-state index >= 15 is 0 Å². The summed E-state index contributed by atoms with van der Waals surface area (Å²) >= 11 is 13.7. The fourth-order valence-electron chi connectivity index (χ4n) is 4.68. The summed E-state index contributed by atoms with van der Waals surface area (Å²) in [5, 5.41) is 14.8. The van der Waals surface area contributed by atoms with Gasteiger partial charge in [0, 0.05) is 44.0 Å². The lowest BCUT2D eigenvalue weighted by Gasteiger charge is -2.39. The number of aliphatic hydroxyl groups excluding tert-OH is 1. The second-order valence-corrected chi connectivity index (χ2v) is 10.4. The maximum Gasteiger partial charge on any atom is 0.330 e. The zero-order valence-corrected chi connectivity index (χ0v) is 24.4. The number of nitrogens with zero attached hydrogens (tertiary/aromatic N) is 3. The molecule has 0 bridgehead atoms. The van der Waals surface area contributed by atoms with Crippen LogP contribution in [0.4, 0.5) is 0 Å². The van der Waals surface area contributed by atoms with Gasteiger partial charge in [-0.05, 0) is 36.2 Å². The van der Waals surface area contributed by atoms with E-state index in [0.717, 1.165) is 14.7 Å². The van der Waals surface area contributed by atoms with Crippen LogP contribution in [-0.4, -0.2) is 50.8 Å². The van der Waals surface area contributed by atoms with Crippen LogP contribution in [0.15, 0.2) is 70.4 Å². The van der Waals surface area contributed by atoms with Gasteiger partial charge >= 0.3 is 5.69 Å². The average Bonchev–Trinajstić information content (AvgIpc) is 2.97. The molecule has 12 heteroatoms. The third-order valence-corrected chi connectivity index (χ3v) is 7.80. The molecule has 0 aliphatic heterocycles. The standard InChI is InChI=1S/C29H31Cl2N5O5/c1-35-17-21(27(39)36(2)28(35)40)25(38)34-29(13-6-9-20(24(29)31)19-8-4-5-10-22(19)30)23-12-11-18(26(33-23)41-3)16-32-14-7-15-37/h4-6,8-13,17,24,32,37H,7,14-16H2,1-3H3,(H,34,38). The second-order valence-electron chi connectivity index (χ2n) is 9.57. The molecule has 216 valence electrons. The molecule has 0 fully saturated rings. The number of amides is 1. The fraction of sp³-hybridized carbons (Fsp3) is 0.310. The summed E-state index contributed by atoms with van der Waals surface area (Å²) in [6, 6.07) is 10.8. The van der Waals surface area contributed by atoms with E-state index in [4.69, 9.17) is 38.0 Å². The molecular weight excluding hydrogens is 569 g/mol. The van der Waals surface area contributed by atoms with Crippen LogP contribution in [0.2, 0.25) is 5.02 Å². The molecule has 4 rings (SSSR count). The highest BCUT2D eigenvalue weighted by Gasteiger charge is 2.45. The third kappa shape index (κ3) is 6.01. The van der Waals surface area contributed by atoms with Crippen LogP contribution < -0.4 is 26.6 Å². The summed E-state index contributed by atoms with van der Waals surface area (Å²) in [4.78, 5) is 43.6. The number of halogens is 2. The van der Waals surface area contributed by atoms with Crippen LogP contribution in [0.25, 0.3) is 5.57 Å². The van der Waals surface area contributed by atoms with Crippen molar-refractivity contribution < 1.29 is 14.6 Å². The number of carbonyl (C=O) groups excluding carboxylic acids is 1. The summed E-state index contributed by atoms with van der Waals surface area (Å²) < 4.78 is 7.62. The number of hydrogen-bond acceptors (Lipinski definition) is 7. The molecule has 1 aliphatic rings. The van der Waals surface area contributed by atoms with E-state index in [9.17, 15) is 14.4 Å². The molecule has 0 saturated heterocycles. The minimum absolute atomic E-state index is 0.0763. The van der Waals surface area contributed by atoms with Crippen LogP contribution in [-0.2, 0) is 26.2 Å². The van der Waals surface area contributed by atoms with Crippen LogP contribution in [0.1, 0.15) is 33.6 Å². The first-order valence-corrected chi connectivity index (χ1v) is 13.7. The van der Waals surface area contributed by atoms with Gasteiger partial charge in [0.1, 0.15) is 11.1 Å². The summed E-state index contributed by atoms with van der Waals surface area (Å²) in [5.74, 6) is -0.427. The topological polar surface area (TPSA) is 127 Å². The first-order chi connectivity index (χ1) is 19.6. The second kappa shape index (κ2) is 12.9. The Hall–Kier alpha value is -3.70. The minimum Gasteiger partial charge on any atom is -0.481 e. The first-order valence-electron chi connectivity index (χ1n) is 12.9.